The van der Waals surface area contributed by atoms with Crippen LogP contribution >= 0.6 is 11.8 Å². The van der Waals surface area contributed by atoms with Crippen molar-refractivity contribution in [2.75, 3.05) is 5.75 Å². The van der Waals surface area contributed by atoms with Crippen molar-refractivity contribution in [1.82, 2.24) is 0 Å². The zero-order valence-electron chi connectivity index (χ0n) is 9.17. The highest BCUT2D eigenvalue weighted by molar-refractivity contribution is 8.00. The average molecular weight is 214 g/mol. The number of hydrogen-bond donors (Lipinski definition) is 1. The summed E-state index contributed by atoms with van der Waals surface area (Å²) in [5.41, 5.74) is 0. The van der Waals surface area contributed by atoms with Gasteiger partial charge < -0.3 is 5.11 Å². The molecule has 2 fully saturated rings. The lowest BCUT2D eigenvalue weighted by Gasteiger charge is -2.37. The summed E-state index contributed by atoms with van der Waals surface area (Å²) in [4.78, 5) is 0. The highest BCUT2D eigenvalue weighted by Crippen LogP contribution is 2.45. The molecular weight excluding hydrogens is 192 g/mol. The number of rotatable bonds is 2. The van der Waals surface area contributed by atoms with E-state index in [1.165, 1.54) is 50.7 Å². The SMILES string of the molecule is CC1(C(O)C2CCCCC2)CCCS1. The molecule has 2 heteroatoms. The van der Waals surface area contributed by atoms with Gasteiger partial charge in [0.15, 0.2) is 0 Å². The molecule has 2 rings (SSSR count). The van der Waals surface area contributed by atoms with Crippen molar-refractivity contribution in [3.63, 3.8) is 0 Å². The Morgan fingerprint density at radius 1 is 1.21 bits per heavy atom. The van der Waals surface area contributed by atoms with Crippen molar-refractivity contribution < 1.29 is 5.11 Å². The monoisotopic (exact) mass is 214 g/mol. The van der Waals surface area contributed by atoms with Crippen LogP contribution in [0.15, 0.2) is 0 Å². The maximum Gasteiger partial charge on any atom is 0.0712 e. The molecule has 0 aromatic rings. The first-order valence-corrected chi connectivity index (χ1v) is 7.03. The molecule has 1 nitrogen and oxygen atoms in total. The maximum atomic E-state index is 10.4. The molecule has 1 N–H and O–H groups in total. The summed E-state index contributed by atoms with van der Waals surface area (Å²) in [6.45, 7) is 2.27. The van der Waals surface area contributed by atoms with Crippen LogP contribution in [0.2, 0.25) is 0 Å². The molecule has 0 radical (unpaired) electrons. The number of aliphatic hydroxyl groups is 1. The van der Waals surface area contributed by atoms with Crippen LogP contribution < -0.4 is 0 Å². The van der Waals surface area contributed by atoms with Crippen LogP contribution in [-0.2, 0) is 0 Å². The first-order valence-electron chi connectivity index (χ1n) is 6.04. The van der Waals surface area contributed by atoms with Gasteiger partial charge in [-0.1, -0.05) is 19.3 Å². The lowest BCUT2D eigenvalue weighted by atomic mass is 9.79. The fourth-order valence-electron chi connectivity index (χ4n) is 2.98. The van der Waals surface area contributed by atoms with E-state index in [-0.39, 0.29) is 10.9 Å². The second-order valence-corrected chi connectivity index (χ2v) is 6.74. The van der Waals surface area contributed by atoms with E-state index >= 15 is 0 Å². The van der Waals surface area contributed by atoms with E-state index in [4.69, 9.17) is 0 Å². The van der Waals surface area contributed by atoms with Gasteiger partial charge in [-0.25, -0.2) is 0 Å². The molecule has 2 aliphatic rings. The van der Waals surface area contributed by atoms with Crippen LogP contribution in [0.5, 0.6) is 0 Å². The Hall–Kier alpha value is 0.310. The van der Waals surface area contributed by atoms with Gasteiger partial charge in [-0.15, -0.1) is 0 Å². The van der Waals surface area contributed by atoms with E-state index in [0.717, 1.165) is 0 Å². The third kappa shape index (κ3) is 2.11. The lowest BCUT2D eigenvalue weighted by molar-refractivity contribution is 0.0537. The first kappa shape index (κ1) is 10.8. The second-order valence-electron chi connectivity index (χ2n) is 5.11. The van der Waals surface area contributed by atoms with E-state index in [1.807, 2.05) is 11.8 Å². The fraction of sp³-hybridized carbons (Fsp3) is 1.00. The zero-order valence-corrected chi connectivity index (χ0v) is 9.98. The molecular formula is C12H22OS. The van der Waals surface area contributed by atoms with Gasteiger partial charge in [0.2, 0.25) is 0 Å². The normalized spacial score (nSPS) is 37.3. The van der Waals surface area contributed by atoms with Gasteiger partial charge in [-0.2, -0.15) is 11.8 Å². The summed E-state index contributed by atoms with van der Waals surface area (Å²) in [7, 11) is 0. The highest BCUT2D eigenvalue weighted by atomic mass is 32.2. The van der Waals surface area contributed by atoms with Crippen LogP contribution in [0.25, 0.3) is 0 Å². The van der Waals surface area contributed by atoms with Crippen LogP contribution in [0, 0.1) is 5.92 Å². The summed E-state index contributed by atoms with van der Waals surface area (Å²) in [5.74, 6) is 1.85. The quantitative estimate of drug-likeness (QED) is 0.761. The summed E-state index contributed by atoms with van der Waals surface area (Å²) in [6, 6.07) is 0. The van der Waals surface area contributed by atoms with Crippen LogP contribution in [0.3, 0.4) is 0 Å². The Labute approximate surface area is 91.7 Å². The van der Waals surface area contributed by atoms with Crippen LogP contribution in [-0.4, -0.2) is 21.7 Å². The summed E-state index contributed by atoms with van der Waals surface area (Å²) >= 11 is 2.00. The molecule has 0 amide bonds. The average Bonchev–Trinajstić information content (AvgIpc) is 2.67. The molecule has 0 bridgehead atoms. The predicted octanol–water partition coefficient (Wildman–Crippen LogP) is 3.21. The van der Waals surface area contributed by atoms with Gasteiger partial charge in [-0.3, -0.25) is 0 Å². The van der Waals surface area contributed by atoms with E-state index in [0.29, 0.717) is 5.92 Å². The van der Waals surface area contributed by atoms with Crippen LogP contribution in [0.4, 0.5) is 0 Å². The minimum atomic E-state index is -0.0460. The number of aliphatic hydroxyl groups excluding tert-OH is 1. The first-order chi connectivity index (χ1) is 6.72. The minimum Gasteiger partial charge on any atom is -0.391 e. The second kappa shape index (κ2) is 4.44. The maximum absolute atomic E-state index is 10.4. The van der Waals surface area contributed by atoms with Gasteiger partial charge in [0.05, 0.1) is 6.10 Å². The van der Waals surface area contributed by atoms with Crippen molar-refractivity contribution in [3.8, 4) is 0 Å². The summed E-state index contributed by atoms with van der Waals surface area (Å²) in [5, 5.41) is 10.4. The van der Waals surface area contributed by atoms with Crippen molar-refractivity contribution >= 4 is 11.8 Å². The standard InChI is InChI=1S/C12H22OS/c1-12(8-5-9-14-12)11(13)10-6-3-2-4-7-10/h10-11,13H,2-9H2,1H3. The molecule has 1 saturated carbocycles. The molecule has 0 aromatic carbocycles. The molecule has 2 unspecified atom stereocenters. The van der Waals surface area contributed by atoms with Crippen molar-refractivity contribution in [2.24, 2.45) is 5.92 Å². The minimum absolute atomic E-state index is 0.0460. The molecule has 82 valence electrons. The Kier molecular flexibility index (Phi) is 3.43. The smallest absolute Gasteiger partial charge is 0.0712 e. The molecule has 0 spiro atoms. The van der Waals surface area contributed by atoms with Crippen LogP contribution in [0.1, 0.15) is 51.9 Å². The Morgan fingerprint density at radius 2 is 1.93 bits per heavy atom. The molecule has 2 atom stereocenters. The van der Waals surface area contributed by atoms with Crippen molar-refractivity contribution in [3.05, 3.63) is 0 Å². The molecule has 1 saturated heterocycles. The summed E-state index contributed by atoms with van der Waals surface area (Å²) < 4.78 is 0.183. The highest BCUT2D eigenvalue weighted by Gasteiger charge is 2.40. The molecule has 1 aliphatic heterocycles. The third-order valence-corrected chi connectivity index (χ3v) is 5.57. The largest absolute Gasteiger partial charge is 0.391 e. The van der Waals surface area contributed by atoms with Gasteiger partial charge >= 0.3 is 0 Å². The van der Waals surface area contributed by atoms with E-state index in [9.17, 15) is 5.11 Å². The van der Waals surface area contributed by atoms with Crippen molar-refractivity contribution in [2.45, 2.75) is 62.7 Å². The van der Waals surface area contributed by atoms with E-state index < -0.39 is 0 Å². The zero-order chi connectivity index (χ0) is 10.0. The van der Waals surface area contributed by atoms with Gasteiger partial charge in [-0.05, 0) is 44.3 Å². The molecule has 14 heavy (non-hydrogen) atoms. The third-order valence-electron chi connectivity index (χ3n) is 3.97. The predicted molar refractivity (Wildman–Crippen MR) is 62.7 cm³/mol. The molecule has 1 heterocycles. The topological polar surface area (TPSA) is 20.2 Å². The Bertz CT molecular complexity index is 181. The van der Waals surface area contributed by atoms with Crippen molar-refractivity contribution in [1.29, 1.82) is 0 Å². The summed E-state index contributed by atoms with van der Waals surface area (Å²) in [6.07, 6.45) is 9.04. The lowest BCUT2D eigenvalue weighted by Crippen LogP contribution is -2.40. The van der Waals surface area contributed by atoms with Gasteiger partial charge in [0, 0.05) is 4.75 Å². The molecule has 1 aliphatic carbocycles. The number of thioether (sulfide) groups is 1. The molecule has 0 aromatic heterocycles. The van der Waals surface area contributed by atoms with E-state index in [1.54, 1.807) is 0 Å². The number of hydrogen-bond acceptors (Lipinski definition) is 2. The van der Waals surface area contributed by atoms with Gasteiger partial charge in [0.1, 0.15) is 0 Å². The fourth-order valence-corrected chi connectivity index (χ4v) is 4.39. The van der Waals surface area contributed by atoms with Gasteiger partial charge in [0.25, 0.3) is 0 Å². The van der Waals surface area contributed by atoms with E-state index in [2.05, 4.69) is 6.92 Å². The Balaban J connectivity index is 1.95. The Morgan fingerprint density at radius 3 is 2.50 bits per heavy atom.